The van der Waals surface area contributed by atoms with Crippen molar-refractivity contribution >= 4 is 0 Å². The summed E-state index contributed by atoms with van der Waals surface area (Å²) in [7, 11) is 1.79. The minimum absolute atomic E-state index is 0.356. The monoisotopic (exact) mass is 299 g/mol. The van der Waals surface area contributed by atoms with Gasteiger partial charge in [-0.15, -0.1) is 0 Å². The van der Waals surface area contributed by atoms with Crippen LogP contribution in [0.3, 0.4) is 0 Å². The molecular formula is C19H41NO. The van der Waals surface area contributed by atoms with Gasteiger partial charge in [-0.05, 0) is 24.8 Å². The highest BCUT2D eigenvalue weighted by molar-refractivity contribution is 4.71. The molecular weight excluding hydrogens is 258 g/mol. The van der Waals surface area contributed by atoms with E-state index in [1.165, 1.54) is 70.8 Å². The zero-order valence-electron chi connectivity index (χ0n) is 15.3. The summed E-state index contributed by atoms with van der Waals surface area (Å²) in [6.07, 6.45) is 15.3. The summed E-state index contributed by atoms with van der Waals surface area (Å²) in [4.78, 5) is 0. The van der Waals surface area contributed by atoms with E-state index in [-0.39, 0.29) is 0 Å². The molecule has 0 bridgehead atoms. The van der Waals surface area contributed by atoms with Gasteiger partial charge in [0.05, 0.1) is 0 Å². The van der Waals surface area contributed by atoms with Crippen LogP contribution in [0.4, 0.5) is 0 Å². The van der Waals surface area contributed by atoms with Crippen LogP contribution in [0.15, 0.2) is 0 Å². The molecule has 21 heavy (non-hydrogen) atoms. The van der Waals surface area contributed by atoms with Gasteiger partial charge in [0.25, 0.3) is 0 Å². The number of hydrogen-bond donors (Lipinski definition) is 1. The predicted octanol–water partition coefficient (Wildman–Crippen LogP) is 5.56. The molecule has 0 heterocycles. The molecule has 0 spiro atoms. The minimum Gasteiger partial charge on any atom is -0.385 e. The Bertz CT molecular complexity index is 204. The highest BCUT2D eigenvalue weighted by atomic mass is 16.5. The Balaban J connectivity index is 3.18. The van der Waals surface area contributed by atoms with Crippen LogP contribution in [0.25, 0.3) is 0 Å². The normalized spacial score (nSPS) is 12.0. The molecule has 0 aliphatic heterocycles. The van der Waals surface area contributed by atoms with Crippen molar-refractivity contribution in [2.45, 2.75) is 91.4 Å². The molecule has 0 saturated carbocycles. The fourth-order valence-electron chi connectivity index (χ4n) is 2.63. The molecule has 0 aromatic rings. The average Bonchev–Trinajstić information content (AvgIpc) is 2.46. The minimum atomic E-state index is 0.356. The van der Waals surface area contributed by atoms with Gasteiger partial charge in [-0.1, -0.05) is 78.6 Å². The van der Waals surface area contributed by atoms with E-state index in [0.29, 0.717) is 5.41 Å². The van der Waals surface area contributed by atoms with Gasteiger partial charge in [-0.3, -0.25) is 0 Å². The Labute approximate surface area is 134 Å². The average molecular weight is 300 g/mol. The van der Waals surface area contributed by atoms with Crippen LogP contribution in [0, 0.1) is 5.41 Å². The van der Waals surface area contributed by atoms with Crippen LogP contribution in [-0.4, -0.2) is 26.8 Å². The third-order valence-corrected chi connectivity index (χ3v) is 4.29. The molecule has 2 nitrogen and oxygen atoms in total. The summed E-state index contributed by atoms with van der Waals surface area (Å²) >= 11 is 0. The fraction of sp³-hybridized carbons (Fsp3) is 1.00. The summed E-state index contributed by atoms with van der Waals surface area (Å²) < 4.78 is 5.16. The van der Waals surface area contributed by atoms with Crippen molar-refractivity contribution < 1.29 is 4.74 Å². The van der Waals surface area contributed by atoms with Gasteiger partial charge in [0.15, 0.2) is 0 Å². The lowest BCUT2D eigenvalue weighted by Crippen LogP contribution is -2.31. The van der Waals surface area contributed by atoms with E-state index in [0.717, 1.165) is 19.6 Å². The van der Waals surface area contributed by atoms with Crippen LogP contribution in [0.2, 0.25) is 0 Å². The molecule has 0 aromatic heterocycles. The molecule has 0 fully saturated rings. The van der Waals surface area contributed by atoms with Crippen molar-refractivity contribution in [1.82, 2.24) is 5.32 Å². The van der Waals surface area contributed by atoms with Gasteiger partial charge < -0.3 is 10.1 Å². The summed E-state index contributed by atoms with van der Waals surface area (Å²) in [5, 5.41) is 3.60. The zero-order chi connectivity index (χ0) is 15.8. The van der Waals surface area contributed by atoms with Gasteiger partial charge in [-0.2, -0.15) is 0 Å². The van der Waals surface area contributed by atoms with E-state index in [1.807, 2.05) is 0 Å². The van der Waals surface area contributed by atoms with E-state index < -0.39 is 0 Å². The van der Waals surface area contributed by atoms with Crippen molar-refractivity contribution in [2.24, 2.45) is 5.41 Å². The quantitative estimate of drug-likeness (QED) is 0.377. The standard InChI is InChI=1S/C19H41NO/c1-5-6-7-8-9-10-11-12-13-14-16-20-18-19(2,3)15-17-21-4/h20H,5-18H2,1-4H3. The third-order valence-electron chi connectivity index (χ3n) is 4.29. The largest absolute Gasteiger partial charge is 0.385 e. The number of unbranched alkanes of at least 4 members (excludes halogenated alkanes) is 9. The van der Waals surface area contributed by atoms with Crippen molar-refractivity contribution in [3.63, 3.8) is 0 Å². The summed E-state index contributed by atoms with van der Waals surface area (Å²) in [6.45, 7) is 10.1. The smallest absolute Gasteiger partial charge is 0.0467 e. The van der Waals surface area contributed by atoms with E-state index in [9.17, 15) is 0 Å². The Kier molecular flexibility index (Phi) is 14.8. The molecule has 0 unspecified atom stereocenters. The van der Waals surface area contributed by atoms with Crippen molar-refractivity contribution in [2.75, 3.05) is 26.8 Å². The van der Waals surface area contributed by atoms with E-state index in [1.54, 1.807) is 7.11 Å². The second-order valence-corrected chi connectivity index (χ2v) is 7.27. The number of ether oxygens (including phenoxy) is 1. The van der Waals surface area contributed by atoms with Crippen LogP contribution in [0.5, 0.6) is 0 Å². The molecule has 0 aliphatic rings. The predicted molar refractivity (Wildman–Crippen MR) is 95.0 cm³/mol. The lowest BCUT2D eigenvalue weighted by molar-refractivity contribution is 0.151. The first-order chi connectivity index (χ1) is 10.1. The summed E-state index contributed by atoms with van der Waals surface area (Å²) in [5.41, 5.74) is 0.356. The van der Waals surface area contributed by atoms with Gasteiger partial charge in [0, 0.05) is 20.3 Å². The number of methoxy groups -OCH3 is 1. The van der Waals surface area contributed by atoms with Gasteiger partial charge in [-0.25, -0.2) is 0 Å². The molecule has 2 heteroatoms. The second kappa shape index (κ2) is 14.8. The van der Waals surface area contributed by atoms with Gasteiger partial charge in [0.2, 0.25) is 0 Å². The number of hydrogen-bond acceptors (Lipinski definition) is 2. The first-order valence-corrected chi connectivity index (χ1v) is 9.32. The van der Waals surface area contributed by atoms with E-state index >= 15 is 0 Å². The maximum absolute atomic E-state index is 5.16. The molecule has 1 N–H and O–H groups in total. The fourth-order valence-corrected chi connectivity index (χ4v) is 2.63. The SMILES string of the molecule is CCCCCCCCCCCCNCC(C)(C)CCOC. The first kappa shape index (κ1) is 20.9. The molecule has 0 amide bonds. The van der Waals surface area contributed by atoms with Gasteiger partial charge >= 0.3 is 0 Å². The topological polar surface area (TPSA) is 21.3 Å². The van der Waals surface area contributed by atoms with E-state index in [4.69, 9.17) is 4.74 Å². The van der Waals surface area contributed by atoms with Crippen molar-refractivity contribution in [1.29, 1.82) is 0 Å². The highest BCUT2D eigenvalue weighted by Crippen LogP contribution is 2.18. The van der Waals surface area contributed by atoms with Crippen molar-refractivity contribution in [3.8, 4) is 0 Å². The van der Waals surface area contributed by atoms with Crippen LogP contribution >= 0.6 is 0 Å². The van der Waals surface area contributed by atoms with Crippen LogP contribution in [-0.2, 0) is 4.74 Å². The Hall–Kier alpha value is -0.0800. The zero-order valence-corrected chi connectivity index (χ0v) is 15.3. The molecule has 0 rings (SSSR count). The highest BCUT2D eigenvalue weighted by Gasteiger charge is 2.16. The lowest BCUT2D eigenvalue weighted by atomic mass is 9.90. The summed E-state index contributed by atoms with van der Waals surface area (Å²) in [6, 6.07) is 0. The molecule has 0 radical (unpaired) electrons. The molecule has 0 saturated heterocycles. The molecule has 0 aromatic carbocycles. The molecule has 0 atom stereocenters. The summed E-state index contributed by atoms with van der Waals surface area (Å²) in [5.74, 6) is 0. The molecule has 0 aliphatic carbocycles. The number of nitrogens with one attached hydrogen (secondary N) is 1. The second-order valence-electron chi connectivity index (χ2n) is 7.27. The maximum Gasteiger partial charge on any atom is 0.0467 e. The van der Waals surface area contributed by atoms with Gasteiger partial charge in [0.1, 0.15) is 0 Å². The Morgan fingerprint density at radius 2 is 1.33 bits per heavy atom. The third kappa shape index (κ3) is 16.1. The van der Waals surface area contributed by atoms with Crippen molar-refractivity contribution in [3.05, 3.63) is 0 Å². The maximum atomic E-state index is 5.16. The molecule has 128 valence electrons. The van der Waals surface area contributed by atoms with Crippen LogP contribution in [0.1, 0.15) is 91.4 Å². The van der Waals surface area contributed by atoms with E-state index in [2.05, 4.69) is 26.1 Å². The Morgan fingerprint density at radius 1 is 0.810 bits per heavy atom. The number of rotatable bonds is 16. The Morgan fingerprint density at radius 3 is 1.86 bits per heavy atom. The van der Waals surface area contributed by atoms with Crippen LogP contribution < -0.4 is 5.32 Å². The first-order valence-electron chi connectivity index (χ1n) is 9.32. The lowest BCUT2D eigenvalue weighted by Gasteiger charge is -2.24.